The van der Waals surface area contributed by atoms with E-state index in [4.69, 9.17) is 0 Å². The molecule has 19 heavy (non-hydrogen) atoms. The van der Waals surface area contributed by atoms with Crippen LogP contribution in [0.1, 0.15) is 19.8 Å². The van der Waals surface area contributed by atoms with Gasteiger partial charge in [-0.1, -0.05) is 0 Å². The van der Waals surface area contributed by atoms with Crippen molar-refractivity contribution in [3.63, 3.8) is 0 Å². The van der Waals surface area contributed by atoms with Crippen molar-refractivity contribution in [3.8, 4) is 0 Å². The van der Waals surface area contributed by atoms with Crippen molar-refractivity contribution >= 4 is 27.5 Å². The van der Waals surface area contributed by atoms with Crippen LogP contribution in [0.25, 0.3) is 5.65 Å². The van der Waals surface area contributed by atoms with Crippen LogP contribution in [0.3, 0.4) is 0 Å². The Balaban J connectivity index is 1.75. The standard InChI is InChI=1S/C13H18BrN5/c1-9(10-4-2-6-15-8-10)16-13-17-12-11(14)5-3-7-19(12)18-13/h3,5,7,9-10,15H,2,4,6,8H2,1H3,(H,16,18). The third-order valence-electron chi connectivity index (χ3n) is 3.71. The van der Waals surface area contributed by atoms with E-state index in [1.165, 1.54) is 12.8 Å². The predicted molar refractivity (Wildman–Crippen MR) is 79.4 cm³/mol. The number of piperidine rings is 1. The fourth-order valence-corrected chi connectivity index (χ4v) is 2.98. The molecule has 2 unspecified atom stereocenters. The molecule has 0 amide bonds. The highest BCUT2D eigenvalue weighted by Gasteiger charge is 2.20. The van der Waals surface area contributed by atoms with Crippen molar-refractivity contribution in [2.24, 2.45) is 5.92 Å². The van der Waals surface area contributed by atoms with E-state index in [0.717, 1.165) is 23.2 Å². The number of aromatic nitrogens is 3. The Labute approximate surface area is 120 Å². The molecule has 0 aromatic carbocycles. The van der Waals surface area contributed by atoms with Crippen LogP contribution in [0, 0.1) is 5.92 Å². The van der Waals surface area contributed by atoms with Crippen LogP contribution in [-0.2, 0) is 0 Å². The lowest BCUT2D eigenvalue weighted by molar-refractivity contribution is 0.346. The molecule has 6 heteroatoms. The van der Waals surface area contributed by atoms with Gasteiger partial charge >= 0.3 is 0 Å². The summed E-state index contributed by atoms with van der Waals surface area (Å²) in [4.78, 5) is 4.52. The summed E-state index contributed by atoms with van der Waals surface area (Å²) < 4.78 is 2.75. The molecule has 0 bridgehead atoms. The van der Waals surface area contributed by atoms with Gasteiger partial charge in [0, 0.05) is 12.2 Å². The summed E-state index contributed by atoms with van der Waals surface area (Å²) in [6.45, 7) is 4.42. The third kappa shape index (κ3) is 2.74. The van der Waals surface area contributed by atoms with Crippen molar-refractivity contribution < 1.29 is 0 Å². The minimum atomic E-state index is 0.379. The van der Waals surface area contributed by atoms with Gasteiger partial charge in [-0.15, -0.1) is 5.10 Å². The smallest absolute Gasteiger partial charge is 0.243 e. The molecule has 1 aliphatic heterocycles. The molecule has 1 saturated heterocycles. The fraction of sp³-hybridized carbons (Fsp3) is 0.538. The lowest BCUT2D eigenvalue weighted by Gasteiger charge is -2.28. The average Bonchev–Trinajstić information content (AvgIpc) is 2.84. The molecule has 0 spiro atoms. The van der Waals surface area contributed by atoms with Gasteiger partial charge < -0.3 is 10.6 Å². The Kier molecular flexibility index (Phi) is 3.70. The van der Waals surface area contributed by atoms with Crippen LogP contribution in [0.15, 0.2) is 22.8 Å². The van der Waals surface area contributed by atoms with E-state index in [0.29, 0.717) is 17.9 Å². The van der Waals surface area contributed by atoms with Gasteiger partial charge in [-0.3, -0.25) is 0 Å². The van der Waals surface area contributed by atoms with Crippen molar-refractivity contribution in [2.45, 2.75) is 25.8 Å². The molecule has 0 aliphatic carbocycles. The van der Waals surface area contributed by atoms with Crippen molar-refractivity contribution in [1.82, 2.24) is 19.9 Å². The molecule has 2 aromatic heterocycles. The second kappa shape index (κ2) is 5.46. The number of pyridine rings is 1. The van der Waals surface area contributed by atoms with Gasteiger partial charge in [0.25, 0.3) is 0 Å². The largest absolute Gasteiger partial charge is 0.350 e. The number of halogens is 1. The first-order valence-electron chi connectivity index (χ1n) is 6.72. The van der Waals surface area contributed by atoms with Crippen molar-refractivity contribution in [1.29, 1.82) is 0 Å². The molecule has 5 nitrogen and oxygen atoms in total. The molecule has 102 valence electrons. The fourth-order valence-electron chi connectivity index (χ4n) is 2.56. The molecule has 3 heterocycles. The minimum Gasteiger partial charge on any atom is -0.350 e. The molecule has 0 radical (unpaired) electrons. The van der Waals surface area contributed by atoms with E-state index in [2.05, 4.69) is 43.6 Å². The normalized spacial score (nSPS) is 21.5. The highest BCUT2D eigenvalue weighted by Crippen LogP contribution is 2.20. The van der Waals surface area contributed by atoms with E-state index in [1.54, 1.807) is 4.52 Å². The topological polar surface area (TPSA) is 54.2 Å². The number of nitrogens with zero attached hydrogens (tertiary/aromatic N) is 3. The monoisotopic (exact) mass is 323 g/mol. The Morgan fingerprint density at radius 1 is 1.58 bits per heavy atom. The van der Waals surface area contributed by atoms with Crippen LogP contribution in [0.4, 0.5) is 5.95 Å². The van der Waals surface area contributed by atoms with E-state index < -0.39 is 0 Å². The molecule has 2 atom stereocenters. The Hall–Kier alpha value is -1.14. The van der Waals surface area contributed by atoms with E-state index in [1.807, 2.05) is 18.3 Å². The summed E-state index contributed by atoms with van der Waals surface area (Å²) >= 11 is 3.49. The number of fused-ring (bicyclic) bond motifs is 1. The van der Waals surface area contributed by atoms with Crippen LogP contribution in [0.2, 0.25) is 0 Å². The summed E-state index contributed by atoms with van der Waals surface area (Å²) in [5.41, 5.74) is 0.846. The zero-order chi connectivity index (χ0) is 13.2. The molecule has 3 rings (SSSR count). The van der Waals surface area contributed by atoms with Crippen molar-refractivity contribution in [2.75, 3.05) is 18.4 Å². The van der Waals surface area contributed by atoms with Gasteiger partial charge in [-0.25, -0.2) is 4.52 Å². The number of hydrogen-bond donors (Lipinski definition) is 2. The van der Waals surface area contributed by atoms with Gasteiger partial charge in [-0.2, -0.15) is 4.98 Å². The maximum Gasteiger partial charge on any atom is 0.243 e. The van der Waals surface area contributed by atoms with Crippen LogP contribution in [-0.4, -0.2) is 33.7 Å². The molecule has 1 fully saturated rings. The van der Waals surface area contributed by atoms with Gasteiger partial charge in [0.15, 0.2) is 5.65 Å². The number of rotatable bonds is 3. The van der Waals surface area contributed by atoms with E-state index >= 15 is 0 Å². The maximum absolute atomic E-state index is 4.52. The lowest BCUT2D eigenvalue weighted by atomic mass is 9.93. The van der Waals surface area contributed by atoms with Gasteiger partial charge in [-0.05, 0) is 66.8 Å². The van der Waals surface area contributed by atoms with Gasteiger partial charge in [0.05, 0.1) is 4.47 Å². The summed E-state index contributed by atoms with van der Waals surface area (Å²) in [6.07, 6.45) is 4.42. The van der Waals surface area contributed by atoms with E-state index in [-0.39, 0.29) is 0 Å². The summed E-state index contributed by atoms with van der Waals surface area (Å²) in [5, 5.41) is 11.3. The van der Waals surface area contributed by atoms with Crippen molar-refractivity contribution in [3.05, 3.63) is 22.8 Å². The van der Waals surface area contributed by atoms with E-state index in [9.17, 15) is 0 Å². The first kappa shape index (κ1) is 12.9. The number of hydrogen-bond acceptors (Lipinski definition) is 4. The maximum atomic E-state index is 4.52. The predicted octanol–water partition coefficient (Wildman–Crippen LogP) is 2.29. The molecule has 1 aliphatic rings. The Bertz CT molecular complexity index is 561. The molecule has 2 N–H and O–H groups in total. The van der Waals surface area contributed by atoms with Crippen LogP contribution >= 0.6 is 15.9 Å². The third-order valence-corrected chi connectivity index (χ3v) is 4.33. The summed E-state index contributed by atoms with van der Waals surface area (Å²) in [5.74, 6) is 1.34. The molecule has 2 aromatic rings. The van der Waals surface area contributed by atoms with Gasteiger partial charge in [0.1, 0.15) is 0 Å². The minimum absolute atomic E-state index is 0.379. The zero-order valence-corrected chi connectivity index (χ0v) is 12.5. The zero-order valence-electron chi connectivity index (χ0n) is 10.9. The first-order chi connectivity index (χ1) is 9.24. The number of anilines is 1. The second-order valence-corrected chi connectivity index (χ2v) is 5.95. The van der Waals surface area contributed by atoms with Crippen LogP contribution in [0.5, 0.6) is 0 Å². The molecular weight excluding hydrogens is 306 g/mol. The molecular formula is C13H18BrN5. The summed E-state index contributed by atoms with van der Waals surface area (Å²) in [7, 11) is 0. The quantitative estimate of drug-likeness (QED) is 0.910. The Morgan fingerprint density at radius 3 is 3.21 bits per heavy atom. The highest BCUT2D eigenvalue weighted by atomic mass is 79.9. The number of nitrogens with one attached hydrogen (secondary N) is 2. The lowest BCUT2D eigenvalue weighted by Crippen LogP contribution is -2.39. The second-order valence-electron chi connectivity index (χ2n) is 5.10. The van der Waals surface area contributed by atoms with Crippen LogP contribution < -0.4 is 10.6 Å². The SMILES string of the molecule is CC(Nc1nc2c(Br)cccn2n1)C1CCCNC1. The Morgan fingerprint density at radius 2 is 2.47 bits per heavy atom. The highest BCUT2D eigenvalue weighted by molar-refractivity contribution is 9.10. The summed E-state index contributed by atoms with van der Waals surface area (Å²) in [6, 6.07) is 4.30. The average molecular weight is 324 g/mol. The molecule has 0 saturated carbocycles. The van der Waals surface area contributed by atoms with Gasteiger partial charge in [0.2, 0.25) is 5.95 Å². The first-order valence-corrected chi connectivity index (χ1v) is 7.51.